The molecule has 0 aliphatic carbocycles. The summed E-state index contributed by atoms with van der Waals surface area (Å²) in [4.78, 5) is 12.4. The van der Waals surface area contributed by atoms with Crippen molar-refractivity contribution in [1.29, 1.82) is 0 Å². The molecule has 1 aliphatic rings. The van der Waals surface area contributed by atoms with Gasteiger partial charge >= 0.3 is 0 Å². The summed E-state index contributed by atoms with van der Waals surface area (Å²) in [6.07, 6.45) is 1.67. The van der Waals surface area contributed by atoms with E-state index in [0.717, 1.165) is 34.0 Å². The van der Waals surface area contributed by atoms with E-state index in [0.29, 0.717) is 5.56 Å². The first kappa shape index (κ1) is 14.0. The fourth-order valence-corrected chi connectivity index (χ4v) is 4.12. The Balaban J connectivity index is 2.59. The molecule has 1 aliphatic heterocycles. The molecule has 1 aromatic carbocycles. The van der Waals surface area contributed by atoms with Crippen LogP contribution in [0.2, 0.25) is 0 Å². The van der Waals surface area contributed by atoms with Crippen molar-refractivity contribution in [2.24, 2.45) is 0 Å². The predicted octanol–water partition coefficient (Wildman–Crippen LogP) is 5.09. The Labute approximate surface area is 133 Å². The molecule has 0 saturated heterocycles. The number of nitrogens with one attached hydrogen (secondary N) is 1. The minimum atomic E-state index is -0.656. The van der Waals surface area contributed by atoms with Gasteiger partial charge < -0.3 is 5.32 Å². The maximum absolute atomic E-state index is 12.4. The summed E-state index contributed by atoms with van der Waals surface area (Å²) >= 11 is 13.8. The first-order chi connectivity index (χ1) is 7.92. The van der Waals surface area contributed by atoms with Crippen LogP contribution in [0.4, 0.5) is 5.69 Å². The van der Waals surface area contributed by atoms with E-state index in [4.69, 9.17) is 0 Å². The molecule has 2 nitrogen and oxygen atoms in total. The minimum absolute atomic E-state index is 0.0432. The standard InChI is InChI=1S/C11H9Br4NO/c12-6-4-7-9(8(13)5-6)16-3-1-2-11(14,15)10(7)17/h4-5,16H,1-3H2. The maximum atomic E-state index is 12.4. The molecule has 0 saturated carbocycles. The molecule has 0 radical (unpaired) electrons. The minimum Gasteiger partial charge on any atom is -0.384 e. The molecule has 1 aromatic rings. The molecule has 0 aromatic heterocycles. The smallest absolute Gasteiger partial charge is 0.192 e. The fourth-order valence-electron chi connectivity index (χ4n) is 1.77. The Kier molecular flexibility index (Phi) is 4.38. The summed E-state index contributed by atoms with van der Waals surface area (Å²) in [5, 5.41) is 3.30. The summed E-state index contributed by atoms with van der Waals surface area (Å²) < 4.78 is 1.12. The van der Waals surface area contributed by atoms with Crippen LogP contribution in [0.1, 0.15) is 23.2 Å². The average Bonchev–Trinajstić information content (AvgIpc) is 2.23. The fraction of sp³-hybridized carbons (Fsp3) is 0.364. The molecule has 17 heavy (non-hydrogen) atoms. The number of Topliss-reactive ketones (excluding diaryl/α,β-unsaturated/α-hetero) is 1. The number of fused-ring (bicyclic) bond motifs is 1. The van der Waals surface area contributed by atoms with Gasteiger partial charge in [-0.1, -0.05) is 47.8 Å². The van der Waals surface area contributed by atoms with Gasteiger partial charge in [0, 0.05) is 21.1 Å². The van der Waals surface area contributed by atoms with Gasteiger partial charge in [0.05, 0.1) is 5.69 Å². The largest absolute Gasteiger partial charge is 0.384 e. The molecule has 6 heteroatoms. The van der Waals surface area contributed by atoms with Gasteiger partial charge in [-0.3, -0.25) is 4.79 Å². The van der Waals surface area contributed by atoms with Crippen molar-refractivity contribution in [2.75, 3.05) is 11.9 Å². The highest BCUT2D eigenvalue weighted by molar-refractivity contribution is 9.26. The number of halogens is 4. The van der Waals surface area contributed by atoms with Gasteiger partial charge in [0.15, 0.2) is 5.78 Å². The van der Waals surface area contributed by atoms with Gasteiger partial charge in [-0.05, 0) is 40.9 Å². The second kappa shape index (κ2) is 5.31. The molecule has 0 fully saturated rings. The summed E-state index contributed by atoms with van der Waals surface area (Å²) in [5.74, 6) is 0.0432. The van der Waals surface area contributed by atoms with E-state index in [1.165, 1.54) is 0 Å². The highest BCUT2D eigenvalue weighted by atomic mass is 79.9. The average molecular weight is 491 g/mol. The van der Waals surface area contributed by atoms with E-state index in [1.54, 1.807) is 0 Å². The summed E-state index contributed by atoms with van der Waals surface area (Å²) in [7, 11) is 0. The lowest BCUT2D eigenvalue weighted by atomic mass is 10.0. The molecular weight excluding hydrogens is 482 g/mol. The lowest BCUT2D eigenvalue weighted by Gasteiger charge is -2.25. The Hall–Kier alpha value is 0.610. The third-order valence-corrected chi connectivity index (χ3v) is 5.20. The molecule has 2 rings (SSSR count). The normalized spacial score (nSPS) is 18.9. The Morgan fingerprint density at radius 2 is 1.94 bits per heavy atom. The van der Waals surface area contributed by atoms with Crippen LogP contribution in [0.3, 0.4) is 0 Å². The Morgan fingerprint density at radius 1 is 1.24 bits per heavy atom. The van der Waals surface area contributed by atoms with E-state index in [2.05, 4.69) is 69.0 Å². The molecule has 0 spiro atoms. The van der Waals surface area contributed by atoms with Crippen LogP contribution in [0, 0.1) is 0 Å². The SMILES string of the molecule is O=C1c2cc(Br)cc(Br)c2NCCCC1(Br)Br. The van der Waals surface area contributed by atoms with E-state index in [9.17, 15) is 4.79 Å². The highest BCUT2D eigenvalue weighted by Crippen LogP contribution is 2.41. The van der Waals surface area contributed by atoms with Crippen molar-refractivity contribution in [2.45, 2.75) is 16.1 Å². The third-order valence-electron chi connectivity index (χ3n) is 2.60. The number of anilines is 1. The van der Waals surface area contributed by atoms with Gasteiger partial charge in [-0.15, -0.1) is 0 Å². The van der Waals surface area contributed by atoms with Gasteiger partial charge in [-0.2, -0.15) is 0 Å². The quantitative estimate of drug-likeness (QED) is 0.514. The lowest BCUT2D eigenvalue weighted by molar-refractivity contribution is 0.0979. The van der Waals surface area contributed by atoms with Crippen LogP contribution in [0.25, 0.3) is 0 Å². The van der Waals surface area contributed by atoms with Gasteiger partial charge in [0.1, 0.15) is 3.23 Å². The van der Waals surface area contributed by atoms with Crippen molar-refractivity contribution >= 4 is 75.2 Å². The van der Waals surface area contributed by atoms with Crippen LogP contribution in [0.15, 0.2) is 21.1 Å². The number of carbonyl (C=O) groups is 1. The Bertz CT molecular complexity index is 473. The van der Waals surface area contributed by atoms with Crippen molar-refractivity contribution in [3.8, 4) is 0 Å². The number of alkyl halides is 2. The second-order valence-electron chi connectivity index (χ2n) is 3.87. The zero-order valence-corrected chi connectivity index (χ0v) is 15.0. The molecule has 0 unspecified atom stereocenters. The summed E-state index contributed by atoms with van der Waals surface area (Å²) in [6.45, 7) is 0.847. The zero-order chi connectivity index (χ0) is 12.6. The monoisotopic (exact) mass is 487 g/mol. The molecule has 92 valence electrons. The van der Waals surface area contributed by atoms with Crippen LogP contribution in [-0.4, -0.2) is 15.6 Å². The number of rotatable bonds is 0. The molecule has 0 atom stereocenters. The van der Waals surface area contributed by atoms with E-state index >= 15 is 0 Å². The predicted molar refractivity (Wildman–Crippen MR) is 84.5 cm³/mol. The van der Waals surface area contributed by atoms with Crippen LogP contribution < -0.4 is 5.32 Å². The molecular formula is C11H9Br4NO. The number of hydrogen-bond acceptors (Lipinski definition) is 2. The van der Waals surface area contributed by atoms with Crippen molar-refractivity contribution in [3.63, 3.8) is 0 Å². The van der Waals surface area contributed by atoms with Crippen molar-refractivity contribution in [1.82, 2.24) is 0 Å². The van der Waals surface area contributed by atoms with Crippen molar-refractivity contribution in [3.05, 3.63) is 26.6 Å². The third kappa shape index (κ3) is 2.96. The first-order valence-electron chi connectivity index (χ1n) is 5.07. The number of benzene rings is 1. The second-order valence-corrected chi connectivity index (χ2v) is 9.42. The lowest BCUT2D eigenvalue weighted by Crippen LogP contribution is -2.29. The summed E-state index contributed by atoms with van der Waals surface area (Å²) in [5.41, 5.74) is 1.54. The number of hydrogen-bond donors (Lipinski definition) is 1. The summed E-state index contributed by atoms with van der Waals surface area (Å²) in [6, 6.07) is 3.78. The maximum Gasteiger partial charge on any atom is 0.192 e. The van der Waals surface area contributed by atoms with Gasteiger partial charge in [0.2, 0.25) is 0 Å². The van der Waals surface area contributed by atoms with E-state index in [1.807, 2.05) is 12.1 Å². The molecule has 1 heterocycles. The number of carbonyl (C=O) groups excluding carboxylic acids is 1. The van der Waals surface area contributed by atoms with E-state index < -0.39 is 3.23 Å². The van der Waals surface area contributed by atoms with Gasteiger partial charge in [0.25, 0.3) is 0 Å². The van der Waals surface area contributed by atoms with Crippen LogP contribution in [0.5, 0.6) is 0 Å². The van der Waals surface area contributed by atoms with E-state index in [-0.39, 0.29) is 5.78 Å². The molecule has 1 N–H and O–H groups in total. The topological polar surface area (TPSA) is 29.1 Å². The first-order valence-corrected chi connectivity index (χ1v) is 8.24. The highest BCUT2D eigenvalue weighted by Gasteiger charge is 2.35. The zero-order valence-electron chi connectivity index (χ0n) is 8.70. The number of ketones is 1. The van der Waals surface area contributed by atoms with Crippen molar-refractivity contribution < 1.29 is 4.79 Å². The van der Waals surface area contributed by atoms with Crippen LogP contribution in [-0.2, 0) is 0 Å². The van der Waals surface area contributed by atoms with Crippen LogP contribution >= 0.6 is 63.7 Å². The van der Waals surface area contributed by atoms with Gasteiger partial charge in [-0.25, -0.2) is 0 Å². The molecule has 0 amide bonds. The molecule has 0 bridgehead atoms. The Morgan fingerprint density at radius 3 is 2.65 bits per heavy atom.